The lowest BCUT2D eigenvalue weighted by Gasteiger charge is -2.29. The molecule has 0 saturated heterocycles. The number of hydrogen-bond acceptors (Lipinski definition) is 3. The molecule has 0 aliphatic heterocycles. The molecule has 2 amide bonds. The van der Waals surface area contributed by atoms with E-state index in [1.54, 1.807) is 11.8 Å². The van der Waals surface area contributed by atoms with E-state index in [-0.39, 0.29) is 23.8 Å². The average molecular weight is 503 g/mol. The third-order valence-electron chi connectivity index (χ3n) is 5.31. The average Bonchev–Trinajstić information content (AvgIpc) is 2.76. The molecule has 0 aliphatic rings. The van der Waals surface area contributed by atoms with Gasteiger partial charge in [0.15, 0.2) is 6.61 Å². The van der Waals surface area contributed by atoms with Crippen molar-refractivity contribution in [1.82, 2.24) is 10.2 Å². The minimum atomic E-state index is -0.607. The van der Waals surface area contributed by atoms with Crippen molar-refractivity contribution in [2.45, 2.75) is 65.5 Å². The smallest absolute Gasteiger partial charge is 0.261 e. The zero-order chi connectivity index (χ0) is 23.7. The predicted molar refractivity (Wildman–Crippen MR) is 133 cm³/mol. The van der Waals surface area contributed by atoms with Gasteiger partial charge in [-0.05, 0) is 48.1 Å². The van der Waals surface area contributed by atoms with Crippen LogP contribution in [0.2, 0.25) is 0 Å². The van der Waals surface area contributed by atoms with E-state index in [1.165, 1.54) is 0 Å². The van der Waals surface area contributed by atoms with Gasteiger partial charge >= 0.3 is 0 Å². The second-order valence-corrected chi connectivity index (χ2v) is 9.92. The van der Waals surface area contributed by atoms with Crippen molar-refractivity contribution in [1.29, 1.82) is 0 Å². The molecule has 6 heteroatoms. The quantitative estimate of drug-likeness (QED) is 0.438. The van der Waals surface area contributed by atoms with Crippen molar-refractivity contribution < 1.29 is 14.3 Å². The van der Waals surface area contributed by atoms with E-state index in [2.05, 4.69) is 48.9 Å². The molecular formula is C26H35BrN2O3. The van der Waals surface area contributed by atoms with Crippen LogP contribution in [0, 0.1) is 0 Å². The molecule has 32 heavy (non-hydrogen) atoms. The maximum absolute atomic E-state index is 13.2. The number of halogens is 1. The highest BCUT2D eigenvalue weighted by atomic mass is 79.9. The van der Waals surface area contributed by atoms with Crippen molar-refractivity contribution in [3.8, 4) is 5.75 Å². The van der Waals surface area contributed by atoms with E-state index >= 15 is 0 Å². The molecule has 0 heterocycles. The molecule has 0 aliphatic carbocycles. The fourth-order valence-corrected chi connectivity index (χ4v) is 3.60. The second kappa shape index (κ2) is 12.0. The molecule has 0 radical (unpaired) electrons. The highest BCUT2D eigenvalue weighted by Gasteiger charge is 2.27. The minimum Gasteiger partial charge on any atom is -0.483 e. The summed E-state index contributed by atoms with van der Waals surface area (Å²) >= 11 is 3.44. The van der Waals surface area contributed by atoms with Crippen LogP contribution in [0.15, 0.2) is 53.0 Å². The topological polar surface area (TPSA) is 58.6 Å². The Morgan fingerprint density at radius 1 is 1.09 bits per heavy atom. The zero-order valence-electron chi connectivity index (χ0n) is 19.8. The van der Waals surface area contributed by atoms with Crippen LogP contribution in [0.1, 0.15) is 58.6 Å². The van der Waals surface area contributed by atoms with Crippen LogP contribution >= 0.6 is 15.9 Å². The minimum absolute atomic E-state index is 0.108. The summed E-state index contributed by atoms with van der Waals surface area (Å²) in [5.41, 5.74) is 1.88. The lowest BCUT2D eigenvalue weighted by molar-refractivity contribution is -0.142. The lowest BCUT2D eigenvalue weighted by atomic mass is 9.86. The summed E-state index contributed by atoms with van der Waals surface area (Å²) < 4.78 is 6.93. The van der Waals surface area contributed by atoms with E-state index in [4.69, 9.17) is 4.74 Å². The number of ether oxygens (including phenoxy) is 1. The van der Waals surface area contributed by atoms with Gasteiger partial charge < -0.3 is 15.0 Å². The first-order valence-corrected chi connectivity index (χ1v) is 12.0. The van der Waals surface area contributed by atoms with Crippen molar-refractivity contribution in [2.75, 3.05) is 13.2 Å². The third-order valence-corrected chi connectivity index (χ3v) is 5.84. The number of nitrogens with zero attached hydrogens (tertiary/aromatic N) is 1. The summed E-state index contributed by atoms with van der Waals surface area (Å²) in [6.07, 6.45) is 1.91. The molecule has 174 valence electrons. The maximum Gasteiger partial charge on any atom is 0.261 e. The van der Waals surface area contributed by atoms with Crippen molar-refractivity contribution in [3.63, 3.8) is 0 Å². The molecule has 2 aromatic carbocycles. The maximum atomic E-state index is 13.2. The number of rotatable bonds is 10. The Morgan fingerprint density at radius 2 is 1.75 bits per heavy atom. The molecule has 0 bridgehead atoms. The Balaban J connectivity index is 2.18. The van der Waals surface area contributed by atoms with Crippen LogP contribution in [0.5, 0.6) is 5.75 Å². The molecule has 5 nitrogen and oxygen atoms in total. The highest BCUT2D eigenvalue weighted by Crippen LogP contribution is 2.31. The zero-order valence-corrected chi connectivity index (χ0v) is 21.4. The molecule has 0 aromatic heterocycles. The first kappa shape index (κ1) is 25.9. The number of amides is 2. The van der Waals surface area contributed by atoms with E-state index < -0.39 is 6.04 Å². The van der Waals surface area contributed by atoms with Crippen LogP contribution in [-0.2, 0) is 21.5 Å². The van der Waals surface area contributed by atoms with E-state index in [0.29, 0.717) is 18.8 Å². The normalized spacial score (nSPS) is 12.2. The first-order chi connectivity index (χ1) is 15.1. The number of benzene rings is 2. The van der Waals surface area contributed by atoms with Gasteiger partial charge in [-0.1, -0.05) is 80.4 Å². The van der Waals surface area contributed by atoms with Gasteiger partial charge in [-0.2, -0.15) is 0 Å². The first-order valence-electron chi connectivity index (χ1n) is 11.2. The largest absolute Gasteiger partial charge is 0.483 e. The Labute approximate surface area is 200 Å². The number of carbonyl (C=O) groups is 2. The van der Waals surface area contributed by atoms with Crippen molar-refractivity contribution in [3.05, 3.63) is 64.1 Å². The Morgan fingerprint density at radius 3 is 2.38 bits per heavy atom. The summed E-state index contributed by atoms with van der Waals surface area (Å²) in [5.74, 6) is 0.311. The molecule has 0 fully saturated rings. The summed E-state index contributed by atoms with van der Waals surface area (Å²) in [6, 6.07) is 14.9. The van der Waals surface area contributed by atoms with Crippen LogP contribution in [0.25, 0.3) is 0 Å². The van der Waals surface area contributed by atoms with E-state index in [9.17, 15) is 9.59 Å². The molecule has 0 spiro atoms. The SMILES string of the molecule is CCCCNC(=O)C(C)N(Cc1ccc(Br)cc1)C(=O)COc1ccccc1C(C)(C)C. The molecule has 1 unspecified atom stereocenters. The standard InChI is InChI=1S/C26H35BrN2O3/c1-6-7-16-28-25(31)19(2)29(17-20-12-14-21(27)15-13-20)24(30)18-32-23-11-9-8-10-22(23)26(3,4)5/h8-15,19H,6-7,16-18H2,1-5H3,(H,28,31). The summed E-state index contributed by atoms with van der Waals surface area (Å²) in [4.78, 5) is 27.5. The number of para-hydroxylation sites is 1. The van der Waals surface area contributed by atoms with Gasteiger partial charge in [-0.15, -0.1) is 0 Å². The Kier molecular flexibility index (Phi) is 9.76. The number of unbranched alkanes of at least 4 members (excludes halogenated alkanes) is 1. The van der Waals surface area contributed by atoms with E-state index in [1.807, 2.05) is 48.5 Å². The number of nitrogens with one attached hydrogen (secondary N) is 1. The molecular weight excluding hydrogens is 468 g/mol. The Hall–Kier alpha value is -2.34. The van der Waals surface area contributed by atoms with Gasteiger partial charge in [0.2, 0.25) is 5.91 Å². The summed E-state index contributed by atoms with van der Waals surface area (Å²) in [7, 11) is 0. The van der Waals surface area contributed by atoms with Crippen LogP contribution in [-0.4, -0.2) is 35.9 Å². The van der Waals surface area contributed by atoms with Crippen LogP contribution in [0.4, 0.5) is 0 Å². The van der Waals surface area contributed by atoms with Gasteiger partial charge in [0.05, 0.1) is 0 Å². The van der Waals surface area contributed by atoms with Crippen LogP contribution in [0.3, 0.4) is 0 Å². The second-order valence-electron chi connectivity index (χ2n) is 9.00. The lowest BCUT2D eigenvalue weighted by Crippen LogP contribution is -2.49. The van der Waals surface area contributed by atoms with E-state index in [0.717, 1.165) is 28.4 Å². The predicted octanol–water partition coefficient (Wildman–Crippen LogP) is 5.46. The molecule has 0 saturated carbocycles. The van der Waals surface area contributed by atoms with Crippen molar-refractivity contribution in [2.24, 2.45) is 0 Å². The van der Waals surface area contributed by atoms with Gasteiger partial charge in [0.1, 0.15) is 11.8 Å². The van der Waals surface area contributed by atoms with Gasteiger partial charge in [-0.25, -0.2) is 0 Å². The number of hydrogen-bond donors (Lipinski definition) is 1. The van der Waals surface area contributed by atoms with Crippen LogP contribution < -0.4 is 10.1 Å². The van der Waals surface area contributed by atoms with Gasteiger partial charge in [-0.3, -0.25) is 9.59 Å². The molecule has 1 N–H and O–H groups in total. The third kappa shape index (κ3) is 7.66. The number of carbonyl (C=O) groups excluding carboxylic acids is 2. The molecule has 1 atom stereocenters. The fraction of sp³-hybridized carbons (Fsp3) is 0.462. The highest BCUT2D eigenvalue weighted by molar-refractivity contribution is 9.10. The fourth-order valence-electron chi connectivity index (χ4n) is 3.34. The summed E-state index contributed by atoms with van der Waals surface area (Å²) in [5, 5.41) is 2.94. The molecule has 2 rings (SSSR count). The monoisotopic (exact) mass is 502 g/mol. The summed E-state index contributed by atoms with van der Waals surface area (Å²) in [6.45, 7) is 11.0. The van der Waals surface area contributed by atoms with Crippen molar-refractivity contribution >= 4 is 27.7 Å². The molecule has 2 aromatic rings. The van der Waals surface area contributed by atoms with Gasteiger partial charge in [0, 0.05) is 17.6 Å². The Bertz CT molecular complexity index is 891. The van der Waals surface area contributed by atoms with Gasteiger partial charge in [0.25, 0.3) is 5.91 Å².